The first-order valence-corrected chi connectivity index (χ1v) is 10.2. The Bertz CT molecular complexity index is 999. The summed E-state index contributed by atoms with van der Waals surface area (Å²) in [6.45, 7) is 0. The van der Waals surface area contributed by atoms with Crippen LogP contribution in [0.1, 0.15) is 0 Å². The van der Waals surface area contributed by atoms with Gasteiger partial charge in [0.2, 0.25) is 5.95 Å². The number of hydrogen-bond donors (Lipinski definition) is 1. The van der Waals surface area contributed by atoms with E-state index in [1.807, 2.05) is 23.6 Å². The Hall–Kier alpha value is -2.70. The molecule has 0 aliphatic carbocycles. The van der Waals surface area contributed by atoms with Gasteiger partial charge in [-0.2, -0.15) is 0 Å². The van der Waals surface area contributed by atoms with Gasteiger partial charge in [0.1, 0.15) is 10.7 Å². The lowest BCUT2D eigenvalue weighted by atomic mass is 10.1. The third-order valence-corrected chi connectivity index (χ3v) is 5.39. The van der Waals surface area contributed by atoms with Gasteiger partial charge in [-0.3, -0.25) is 0 Å². The molecule has 0 atom stereocenters. The average molecular weight is 377 g/mol. The molecule has 2 aromatic carbocycles. The molecule has 128 valence electrons. The molecule has 0 radical (unpaired) electrons. The van der Waals surface area contributed by atoms with Crippen molar-refractivity contribution in [1.82, 2.24) is 15.0 Å². The fraction of sp³-hybridized carbons (Fsp3) is 0.0500. The van der Waals surface area contributed by atoms with Crippen LogP contribution in [0.5, 0.6) is 0 Å². The molecule has 2 heterocycles. The molecule has 0 unspecified atom stereocenters. The van der Waals surface area contributed by atoms with Crippen LogP contribution in [0.15, 0.2) is 77.3 Å². The Labute approximate surface area is 160 Å². The lowest BCUT2D eigenvalue weighted by Gasteiger charge is -2.08. The summed E-state index contributed by atoms with van der Waals surface area (Å²) < 4.78 is 0. The van der Waals surface area contributed by atoms with Crippen molar-refractivity contribution >= 4 is 34.7 Å². The smallest absolute Gasteiger partial charge is 0.227 e. The minimum atomic E-state index is 0.563. The third kappa shape index (κ3) is 3.76. The SMILES string of the molecule is CSc1ccc(-c2cccc(Nc3nccc(-c4nccs4)n3)c2)cc1. The van der Waals surface area contributed by atoms with Crippen LogP contribution < -0.4 is 5.32 Å². The van der Waals surface area contributed by atoms with E-state index in [-0.39, 0.29) is 0 Å². The summed E-state index contributed by atoms with van der Waals surface area (Å²) in [7, 11) is 0. The van der Waals surface area contributed by atoms with E-state index in [1.54, 1.807) is 35.5 Å². The third-order valence-electron chi connectivity index (χ3n) is 3.85. The van der Waals surface area contributed by atoms with E-state index in [9.17, 15) is 0 Å². The van der Waals surface area contributed by atoms with Gasteiger partial charge in [0.25, 0.3) is 0 Å². The number of thioether (sulfide) groups is 1. The first-order chi connectivity index (χ1) is 12.8. The molecule has 0 aliphatic heterocycles. The molecule has 4 rings (SSSR count). The zero-order valence-electron chi connectivity index (χ0n) is 14.1. The molecule has 0 spiro atoms. The monoisotopic (exact) mass is 376 g/mol. The summed E-state index contributed by atoms with van der Waals surface area (Å²) in [6.07, 6.45) is 5.61. The average Bonchev–Trinajstić information content (AvgIpc) is 3.23. The van der Waals surface area contributed by atoms with E-state index in [2.05, 4.69) is 62.9 Å². The maximum Gasteiger partial charge on any atom is 0.227 e. The van der Waals surface area contributed by atoms with E-state index < -0.39 is 0 Å². The molecule has 0 saturated heterocycles. The second-order valence-corrected chi connectivity index (χ2v) is 7.31. The van der Waals surface area contributed by atoms with E-state index in [4.69, 9.17) is 0 Å². The lowest BCUT2D eigenvalue weighted by Crippen LogP contribution is -1.97. The number of thiazole rings is 1. The van der Waals surface area contributed by atoms with Crippen molar-refractivity contribution in [1.29, 1.82) is 0 Å². The van der Waals surface area contributed by atoms with Crippen LogP contribution in [0.25, 0.3) is 21.8 Å². The van der Waals surface area contributed by atoms with Crippen molar-refractivity contribution in [2.45, 2.75) is 4.90 Å². The summed E-state index contributed by atoms with van der Waals surface area (Å²) in [5.41, 5.74) is 4.11. The van der Waals surface area contributed by atoms with Crippen LogP contribution in [-0.4, -0.2) is 21.2 Å². The standard InChI is InChI=1S/C20H16N4S2/c1-25-17-7-5-14(6-8-17)15-3-2-4-16(13-15)23-20-22-10-9-18(24-20)19-21-11-12-26-19/h2-13H,1H3,(H,22,23,24). The zero-order chi connectivity index (χ0) is 17.8. The van der Waals surface area contributed by atoms with Gasteiger partial charge in [-0.1, -0.05) is 24.3 Å². The topological polar surface area (TPSA) is 50.7 Å². The van der Waals surface area contributed by atoms with Crippen LogP contribution >= 0.6 is 23.1 Å². The van der Waals surface area contributed by atoms with Crippen molar-refractivity contribution in [3.63, 3.8) is 0 Å². The maximum atomic E-state index is 4.56. The number of rotatable bonds is 5. The number of benzene rings is 2. The summed E-state index contributed by atoms with van der Waals surface area (Å²) >= 11 is 3.31. The molecule has 0 bridgehead atoms. The summed E-state index contributed by atoms with van der Waals surface area (Å²) in [4.78, 5) is 14.4. The summed E-state index contributed by atoms with van der Waals surface area (Å²) in [5, 5.41) is 6.12. The Kier molecular flexibility index (Phi) is 4.95. The highest BCUT2D eigenvalue weighted by molar-refractivity contribution is 7.98. The number of hydrogen-bond acceptors (Lipinski definition) is 6. The van der Waals surface area contributed by atoms with Gasteiger partial charge in [0.15, 0.2) is 0 Å². The largest absolute Gasteiger partial charge is 0.324 e. The second kappa shape index (κ2) is 7.68. The molecule has 0 amide bonds. The van der Waals surface area contributed by atoms with Gasteiger partial charge in [-0.25, -0.2) is 15.0 Å². The minimum absolute atomic E-state index is 0.563. The summed E-state index contributed by atoms with van der Waals surface area (Å²) in [5.74, 6) is 0.563. The van der Waals surface area contributed by atoms with Gasteiger partial charge in [0.05, 0.1) is 0 Å². The van der Waals surface area contributed by atoms with Crippen molar-refractivity contribution in [2.24, 2.45) is 0 Å². The van der Waals surface area contributed by atoms with Crippen LogP contribution in [0.3, 0.4) is 0 Å². The van der Waals surface area contributed by atoms with Crippen molar-refractivity contribution in [3.05, 3.63) is 72.4 Å². The molecule has 0 aliphatic rings. The van der Waals surface area contributed by atoms with Crippen molar-refractivity contribution in [2.75, 3.05) is 11.6 Å². The van der Waals surface area contributed by atoms with Crippen molar-refractivity contribution < 1.29 is 0 Å². The van der Waals surface area contributed by atoms with Gasteiger partial charge < -0.3 is 5.32 Å². The number of nitrogens with one attached hydrogen (secondary N) is 1. The van der Waals surface area contributed by atoms with Gasteiger partial charge in [-0.15, -0.1) is 23.1 Å². The Morgan fingerprint density at radius 2 is 1.81 bits per heavy atom. The molecular weight excluding hydrogens is 360 g/mol. The van der Waals surface area contributed by atoms with Gasteiger partial charge in [0, 0.05) is 28.4 Å². The Balaban J connectivity index is 1.58. The molecule has 2 aromatic heterocycles. The van der Waals surface area contributed by atoms with Crippen LogP contribution in [0.4, 0.5) is 11.6 Å². The van der Waals surface area contributed by atoms with Crippen molar-refractivity contribution in [3.8, 4) is 21.8 Å². The first-order valence-electron chi connectivity index (χ1n) is 8.06. The maximum absolute atomic E-state index is 4.56. The van der Waals surface area contributed by atoms with Crippen LogP contribution in [-0.2, 0) is 0 Å². The van der Waals surface area contributed by atoms with E-state index in [1.165, 1.54) is 10.5 Å². The fourth-order valence-electron chi connectivity index (χ4n) is 2.58. The summed E-state index contributed by atoms with van der Waals surface area (Å²) in [6, 6.07) is 18.7. The molecule has 26 heavy (non-hydrogen) atoms. The molecule has 4 aromatic rings. The molecule has 1 N–H and O–H groups in total. The molecule has 4 nitrogen and oxygen atoms in total. The van der Waals surface area contributed by atoms with Gasteiger partial charge >= 0.3 is 0 Å². The van der Waals surface area contributed by atoms with E-state index in [0.717, 1.165) is 22.0 Å². The van der Waals surface area contributed by atoms with Crippen LogP contribution in [0, 0.1) is 0 Å². The first kappa shape index (κ1) is 16.8. The lowest BCUT2D eigenvalue weighted by molar-refractivity contribution is 1.16. The molecule has 6 heteroatoms. The highest BCUT2D eigenvalue weighted by atomic mass is 32.2. The Morgan fingerprint density at radius 1 is 0.923 bits per heavy atom. The fourth-order valence-corrected chi connectivity index (χ4v) is 3.59. The van der Waals surface area contributed by atoms with Crippen LogP contribution in [0.2, 0.25) is 0 Å². The normalized spacial score (nSPS) is 10.7. The predicted octanol–water partition coefficient (Wildman–Crippen LogP) is 5.73. The van der Waals surface area contributed by atoms with Gasteiger partial charge in [-0.05, 0) is 47.7 Å². The number of nitrogens with zero attached hydrogens (tertiary/aromatic N) is 3. The number of aromatic nitrogens is 3. The Morgan fingerprint density at radius 3 is 2.58 bits per heavy atom. The highest BCUT2D eigenvalue weighted by Crippen LogP contribution is 2.26. The molecule has 0 fully saturated rings. The van der Waals surface area contributed by atoms with E-state index in [0.29, 0.717) is 5.95 Å². The minimum Gasteiger partial charge on any atom is -0.324 e. The number of anilines is 2. The predicted molar refractivity (Wildman–Crippen MR) is 110 cm³/mol. The quantitative estimate of drug-likeness (QED) is 0.451. The highest BCUT2D eigenvalue weighted by Gasteiger charge is 2.06. The van der Waals surface area contributed by atoms with E-state index >= 15 is 0 Å². The zero-order valence-corrected chi connectivity index (χ0v) is 15.7. The molecular formula is C20H16N4S2. The molecule has 0 saturated carbocycles. The second-order valence-electron chi connectivity index (χ2n) is 5.54.